The highest BCUT2D eigenvalue weighted by molar-refractivity contribution is 9.10. The Morgan fingerprint density at radius 1 is 1.00 bits per heavy atom. The van der Waals surface area contributed by atoms with Gasteiger partial charge in [0.15, 0.2) is 6.61 Å². The first-order valence-electron chi connectivity index (χ1n) is 15.5. The van der Waals surface area contributed by atoms with Gasteiger partial charge in [0.1, 0.15) is 11.5 Å². The predicted molar refractivity (Wildman–Crippen MR) is 174 cm³/mol. The lowest BCUT2D eigenvalue weighted by molar-refractivity contribution is -0.134. The van der Waals surface area contributed by atoms with Gasteiger partial charge in [-0.15, -0.1) is 11.8 Å². The van der Waals surface area contributed by atoms with E-state index in [1.165, 1.54) is 16.2 Å². The number of aromatic nitrogens is 1. The Kier molecular flexibility index (Phi) is 7.37. The topological polar surface area (TPSA) is 109 Å². The van der Waals surface area contributed by atoms with E-state index in [1.807, 2.05) is 23.1 Å². The zero-order chi connectivity index (χ0) is 31.0. The van der Waals surface area contributed by atoms with Gasteiger partial charge in [0.2, 0.25) is 11.8 Å². The molecule has 234 valence electrons. The van der Waals surface area contributed by atoms with E-state index in [2.05, 4.69) is 20.9 Å². The molecule has 4 heterocycles. The zero-order valence-corrected chi connectivity index (χ0v) is 27.8. The Bertz CT molecular complexity index is 1750. The molecule has 1 aromatic heterocycles. The van der Waals surface area contributed by atoms with Crippen molar-refractivity contribution in [1.29, 1.82) is 0 Å². The van der Waals surface area contributed by atoms with Crippen molar-refractivity contribution in [3.8, 4) is 11.5 Å². The number of nitrogens with zero attached hydrogens (tertiary/aromatic N) is 2. The number of nitrogens with one attached hydrogen (secondary N) is 1. The minimum Gasteiger partial charge on any atom is -0.497 e. The van der Waals surface area contributed by atoms with Crippen molar-refractivity contribution in [3.63, 3.8) is 0 Å². The van der Waals surface area contributed by atoms with E-state index in [1.54, 1.807) is 43.1 Å². The van der Waals surface area contributed by atoms with Crippen LogP contribution in [0.3, 0.4) is 0 Å². The van der Waals surface area contributed by atoms with Gasteiger partial charge < -0.3 is 19.4 Å². The van der Waals surface area contributed by atoms with Crippen molar-refractivity contribution in [2.45, 2.75) is 41.9 Å². The maximum Gasteiger partial charge on any atom is 0.305 e. The van der Waals surface area contributed by atoms with Gasteiger partial charge in [-0.2, -0.15) is 0 Å². The molecule has 2 bridgehead atoms. The molecule has 1 N–H and O–H groups in total. The summed E-state index contributed by atoms with van der Waals surface area (Å²) in [5.41, 5.74) is 1.46. The molecular formula is C33H32BrN3O6S2. The number of benzene rings is 2. The van der Waals surface area contributed by atoms with E-state index >= 15 is 0 Å². The molecule has 0 unspecified atom stereocenters. The summed E-state index contributed by atoms with van der Waals surface area (Å²) in [6.45, 7) is 1.46. The number of hydrogen-bond donors (Lipinski definition) is 1. The lowest BCUT2D eigenvalue weighted by atomic mass is 9.68. The second kappa shape index (κ2) is 11.3. The number of anilines is 1. The molecule has 4 fully saturated rings. The van der Waals surface area contributed by atoms with Crippen LogP contribution in [0.15, 0.2) is 56.8 Å². The lowest BCUT2D eigenvalue weighted by Crippen LogP contribution is -2.43. The van der Waals surface area contributed by atoms with Crippen LogP contribution in [0.1, 0.15) is 42.0 Å². The van der Waals surface area contributed by atoms with Crippen LogP contribution < -0.4 is 19.2 Å². The van der Waals surface area contributed by atoms with Gasteiger partial charge in [-0.05, 0) is 85.9 Å². The Morgan fingerprint density at radius 2 is 1.73 bits per heavy atom. The number of ether oxygens (including phenoxy) is 2. The van der Waals surface area contributed by atoms with Crippen molar-refractivity contribution in [2.24, 2.45) is 29.6 Å². The average Bonchev–Trinajstić information content (AvgIpc) is 3.79. The Balaban J connectivity index is 1.15. The maximum absolute atomic E-state index is 14.1. The smallest absolute Gasteiger partial charge is 0.305 e. The van der Waals surface area contributed by atoms with Gasteiger partial charge in [-0.3, -0.25) is 24.1 Å². The van der Waals surface area contributed by atoms with Crippen LogP contribution in [0.2, 0.25) is 0 Å². The summed E-state index contributed by atoms with van der Waals surface area (Å²) >= 11 is 6.51. The maximum atomic E-state index is 14.1. The fourth-order valence-corrected chi connectivity index (χ4v) is 11.9. The van der Waals surface area contributed by atoms with Crippen molar-refractivity contribution >= 4 is 62.4 Å². The zero-order valence-electron chi connectivity index (χ0n) is 24.6. The predicted octanol–water partition coefficient (Wildman–Crippen LogP) is 5.28. The van der Waals surface area contributed by atoms with E-state index in [9.17, 15) is 19.2 Å². The average molecular weight is 711 g/mol. The van der Waals surface area contributed by atoms with Gasteiger partial charge in [0.25, 0.3) is 5.91 Å². The number of amides is 3. The molecule has 8 rings (SSSR count). The van der Waals surface area contributed by atoms with Crippen LogP contribution in [0.5, 0.6) is 11.5 Å². The molecule has 2 aromatic carbocycles. The van der Waals surface area contributed by atoms with E-state index in [0.29, 0.717) is 17.2 Å². The van der Waals surface area contributed by atoms with Crippen LogP contribution in [-0.2, 0) is 14.4 Å². The normalized spacial score (nSPS) is 29.9. The molecule has 3 amide bonds. The number of hydrogen-bond acceptors (Lipinski definition) is 8. The molecule has 5 aliphatic rings. The molecule has 45 heavy (non-hydrogen) atoms. The monoisotopic (exact) mass is 709 g/mol. The van der Waals surface area contributed by atoms with Crippen LogP contribution in [0.25, 0.3) is 0 Å². The highest BCUT2D eigenvalue weighted by Gasteiger charge is 2.69. The van der Waals surface area contributed by atoms with Gasteiger partial charge >= 0.3 is 4.87 Å². The Hall–Kier alpha value is -3.09. The fourth-order valence-electron chi connectivity index (χ4n) is 8.62. The fraction of sp³-hybridized carbons (Fsp3) is 0.455. The summed E-state index contributed by atoms with van der Waals surface area (Å²) in [4.78, 5) is 61.0. The van der Waals surface area contributed by atoms with Crippen LogP contribution in [0.4, 0.5) is 5.69 Å². The number of fused-ring (bicyclic) bond motifs is 9. The first-order chi connectivity index (χ1) is 21.8. The molecular weight excluding hydrogens is 678 g/mol. The summed E-state index contributed by atoms with van der Waals surface area (Å²) < 4.78 is 12.4. The number of imide groups is 1. The van der Waals surface area contributed by atoms with E-state index in [-0.39, 0.29) is 64.0 Å². The number of methoxy groups -OCH3 is 1. The highest BCUT2D eigenvalue weighted by Crippen LogP contribution is 2.69. The molecule has 0 radical (unpaired) electrons. The molecule has 3 aliphatic heterocycles. The van der Waals surface area contributed by atoms with Crippen LogP contribution in [0, 0.1) is 29.6 Å². The van der Waals surface area contributed by atoms with Crippen molar-refractivity contribution in [3.05, 3.63) is 67.0 Å². The van der Waals surface area contributed by atoms with E-state index in [4.69, 9.17) is 9.47 Å². The summed E-state index contributed by atoms with van der Waals surface area (Å²) in [7, 11) is 1.58. The second-order valence-electron chi connectivity index (χ2n) is 12.6. The van der Waals surface area contributed by atoms with Gasteiger partial charge in [-0.1, -0.05) is 27.3 Å². The minimum atomic E-state index is -0.414. The van der Waals surface area contributed by atoms with E-state index < -0.39 is 5.92 Å². The summed E-state index contributed by atoms with van der Waals surface area (Å²) in [6, 6.07) is 12.9. The number of carbonyl (C=O) groups is 3. The molecule has 12 heteroatoms. The van der Waals surface area contributed by atoms with Crippen LogP contribution >= 0.6 is 39.0 Å². The quantitative estimate of drug-likeness (QED) is 0.347. The number of thioether (sulfide) groups is 1. The number of carbonyl (C=O) groups excluding carboxylic acids is 3. The largest absolute Gasteiger partial charge is 0.497 e. The number of likely N-dealkylation sites (tertiary alicyclic amines) is 1. The summed E-state index contributed by atoms with van der Waals surface area (Å²) in [5.74, 6) is -0.0588. The molecule has 2 saturated heterocycles. The Labute approximate surface area is 276 Å². The first-order valence-corrected chi connectivity index (χ1v) is 17.9. The molecule has 2 aliphatic carbocycles. The van der Waals surface area contributed by atoms with Crippen molar-refractivity contribution in [2.75, 3.05) is 31.7 Å². The third-order valence-corrected chi connectivity index (χ3v) is 13.5. The van der Waals surface area contributed by atoms with Gasteiger partial charge in [0.05, 0.1) is 29.7 Å². The number of piperidine rings is 1. The molecule has 3 aromatic rings. The van der Waals surface area contributed by atoms with Gasteiger partial charge in [-0.25, -0.2) is 0 Å². The lowest BCUT2D eigenvalue weighted by Gasteiger charge is -2.43. The number of rotatable bonds is 6. The first kappa shape index (κ1) is 29.3. The third-order valence-electron chi connectivity index (χ3n) is 10.4. The SMILES string of the molecule is COc1ccc(N2C(=O)[C@H]3[C@H]4C[C@@H]([C@@H]3C2=O)[C@@H]2[C@H](c3cc(Br)ccc3OCC(=O)N3CCCCC3)c3sc(=O)[nH]c3S[C@H]42)cc1. The summed E-state index contributed by atoms with van der Waals surface area (Å²) in [6.07, 6.45) is 3.95. The molecule has 2 saturated carbocycles. The Morgan fingerprint density at radius 3 is 2.47 bits per heavy atom. The van der Waals surface area contributed by atoms with Crippen LogP contribution in [-0.4, -0.2) is 59.7 Å². The minimum absolute atomic E-state index is 0.00551. The third kappa shape index (κ3) is 4.69. The number of H-pyrrole nitrogens is 1. The second-order valence-corrected chi connectivity index (χ2v) is 15.7. The van der Waals surface area contributed by atoms with Crippen molar-refractivity contribution in [1.82, 2.24) is 9.88 Å². The number of aromatic amines is 1. The molecule has 0 spiro atoms. The van der Waals surface area contributed by atoms with Gasteiger partial charge in [0, 0.05) is 39.2 Å². The molecule has 7 atom stereocenters. The standard InChI is InChI=1S/C33H32BrN3O6S2/c1-42-18-8-6-17(7-9-18)37-31(39)26-20-14-21(27(26)32(37)40)28-25(20)24(29-30(44-28)35-33(41)45-29)19-13-16(34)5-10-22(19)43-15-23(38)36-11-3-2-4-12-36/h5-10,13,20-21,24-28H,2-4,11-12,14-15H2,1H3,(H,35,41)/t20-,21-,24+,25-,26+,27+,28-/m1/s1. The molecule has 9 nitrogen and oxygen atoms in total. The summed E-state index contributed by atoms with van der Waals surface area (Å²) in [5, 5.41) is 0.882. The van der Waals surface area contributed by atoms with E-state index in [0.717, 1.165) is 58.7 Å². The highest BCUT2D eigenvalue weighted by atomic mass is 79.9. The van der Waals surface area contributed by atoms with Crippen molar-refractivity contribution < 1.29 is 23.9 Å². The number of thiazole rings is 1. The number of halogens is 1.